The summed E-state index contributed by atoms with van der Waals surface area (Å²) in [7, 11) is -3.82. The lowest BCUT2D eigenvalue weighted by Crippen LogP contribution is -2.37. The molecule has 1 aliphatic heterocycles. The number of hydrogen-bond donors (Lipinski definition) is 1. The van der Waals surface area contributed by atoms with Gasteiger partial charge in [-0.1, -0.05) is 36.4 Å². The quantitative estimate of drug-likeness (QED) is 0.535. The van der Waals surface area contributed by atoms with Crippen molar-refractivity contribution < 1.29 is 17.6 Å². The van der Waals surface area contributed by atoms with E-state index in [1.807, 2.05) is 31.2 Å². The number of rotatable bonds is 8. The van der Waals surface area contributed by atoms with Gasteiger partial charge in [0.1, 0.15) is 0 Å². The molecule has 7 nitrogen and oxygen atoms in total. The molecule has 0 amide bonds. The highest BCUT2D eigenvalue weighted by atomic mass is 32.2. The number of anilines is 1. The van der Waals surface area contributed by atoms with E-state index in [0.717, 1.165) is 50.4 Å². The topological polar surface area (TPSA) is 84.7 Å². The van der Waals surface area contributed by atoms with Gasteiger partial charge in [0.15, 0.2) is 0 Å². The summed E-state index contributed by atoms with van der Waals surface area (Å²) in [5.74, 6) is 0.479. The number of benzene rings is 2. The lowest BCUT2D eigenvalue weighted by Gasteiger charge is -2.26. The van der Waals surface area contributed by atoms with E-state index in [2.05, 4.69) is 15.2 Å². The first kappa shape index (κ1) is 21.5. The molecule has 1 N–H and O–H groups in total. The highest BCUT2D eigenvalue weighted by Gasteiger charge is 2.28. The van der Waals surface area contributed by atoms with E-state index in [1.165, 1.54) is 0 Å². The van der Waals surface area contributed by atoms with Crippen molar-refractivity contribution in [3.05, 3.63) is 60.2 Å². The van der Waals surface area contributed by atoms with Gasteiger partial charge in [0.05, 0.1) is 18.1 Å². The first-order chi connectivity index (χ1) is 15.1. The zero-order valence-corrected chi connectivity index (χ0v) is 18.4. The van der Waals surface area contributed by atoms with E-state index in [4.69, 9.17) is 9.15 Å². The molecule has 3 aromatic rings. The molecule has 0 bridgehead atoms. The van der Waals surface area contributed by atoms with Crippen LogP contribution in [0.3, 0.4) is 0 Å². The first-order valence-corrected chi connectivity index (χ1v) is 11.9. The fourth-order valence-corrected chi connectivity index (χ4v) is 4.87. The summed E-state index contributed by atoms with van der Waals surface area (Å²) >= 11 is 0. The number of hydrogen-bond acceptors (Lipinski definition) is 7. The predicted octanol–water partition coefficient (Wildman–Crippen LogP) is 3.62. The first-order valence-electron chi connectivity index (χ1n) is 10.5. The van der Waals surface area contributed by atoms with Crippen molar-refractivity contribution in [1.82, 2.24) is 9.88 Å². The molecule has 2 aromatic carbocycles. The van der Waals surface area contributed by atoms with Gasteiger partial charge in [-0.15, -0.1) is 0 Å². The molecule has 0 spiro atoms. The Morgan fingerprint density at radius 2 is 1.74 bits per heavy atom. The Balaban J connectivity index is 1.59. The fraction of sp³-hybridized carbons (Fsp3) is 0.348. The number of aromatic nitrogens is 1. The summed E-state index contributed by atoms with van der Waals surface area (Å²) in [6.07, 6.45) is 0.852. The van der Waals surface area contributed by atoms with Crippen molar-refractivity contribution in [3.63, 3.8) is 0 Å². The number of aryl methyl sites for hydroxylation is 1. The van der Waals surface area contributed by atoms with Crippen LogP contribution < -0.4 is 5.32 Å². The maximum atomic E-state index is 13.3. The van der Waals surface area contributed by atoms with Crippen LogP contribution in [0.5, 0.6) is 0 Å². The highest BCUT2D eigenvalue weighted by Crippen LogP contribution is 2.33. The molecule has 0 saturated carbocycles. The van der Waals surface area contributed by atoms with Gasteiger partial charge in [-0.05, 0) is 43.7 Å². The Labute approximate surface area is 183 Å². The van der Waals surface area contributed by atoms with Crippen molar-refractivity contribution in [2.45, 2.75) is 23.3 Å². The van der Waals surface area contributed by atoms with Crippen molar-refractivity contribution in [3.8, 4) is 11.5 Å². The van der Waals surface area contributed by atoms with Crippen LogP contribution in [0, 0.1) is 6.92 Å². The summed E-state index contributed by atoms with van der Waals surface area (Å²) < 4.78 is 37.9. The minimum Gasteiger partial charge on any atom is -0.419 e. The zero-order valence-electron chi connectivity index (χ0n) is 17.6. The maximum absolute atomic E-state index is 13.3. The number of oxazole rings is 1. The van der Waals surface area contributed by atoms with Gasteiger partial charge in [-0.25, -0.2) is 8.42 Å². The summed E-state index contributed by atoms with van der Waals surface area (Å²) in [6, 6.07) is 15.9. The van der Waals surface area contributed by atoms with Gasteiger partial charge in [-0.2, -0.15) is 4.98 Å². The summed E-state index contributed by atoms with van der Waals surface area (Å²) in [6.45, 7) is 6.80. The number of ether oxygens (including phenoxy) is 1. The molecular weight excluding hydrogens is 414 g/mol. The zero-order chi connectivity index (χ0) is 21.7. The fourth-order valence-electron chi connectivity index (χ4n) is 3.57. The van der Waals surface area contributed by atoms with E-state index in [9.17, 15) is 8.42 Å². The van der Waals surface area contributed by atoms with Crippen LogP contribution >= 0.6 is 0 Å². The maximum Gasteiger partial charge on any atom is 0.233 e. The lowest BCUT2D eigenvalue weighted by atomic mass is 10.1. The molecule has 8 heteroatoms. The molecule has 0 unspecified atom stereocenters. The third kappa shape index (κ3) is 4.98. The standard InChI is InChI=1S/C23H27N3O4S/c1-18-8-5-6-11-20(18)21-25-23(31(27,28)19-9-3-2-4-10-19)22(30-21)24-12-7-13-26-14-16-29-17-15-26/h2-6,8-11,24H,7,12-17H2,1H3. The summed E-state index contributed by atoms with van der Waals surface area (Å²) in [4.78, 5) is 6.94. The third-order valence-corrected chi connectivity index (χ3v) is 7.00. The Hall–Kier alpha value is -2.68. The smallest absolute Gasteiger partial charge is 0.233 e. The second-order valence-corrected chi connectivity index (χ2v) is 9.38. The SMILES string of the molecule is Cc1ccccc1-c1nc(S(=O)(=O)c2ccccc2)c(NCCCN2CCOCC2)o1. The Morgan fingerprint density at radius 3 is 2.48 bits per heavy atom. The van der Waals surface area contributed by atoms with Crippen molar-refractivity contribution >= 4 is 15.7 Å². The molecule has 31 heavy (non-hydrogen) atoms. The average molecular weight is 442 g/mol. The average Bonchev–Trinajstić information content (AvgIpc) is 3.23. The van der Waals surface area contributed by atoms with Crippen LogP contribution in [0.2, 0.25) is 0 Å². The van der Waals surface area contributed by atoms with Crippen molar-refractivity contribution in [2.24, 2.45) is 0 Å². The molecule has 0 aliphatic carbocycles. The van der Waals surface area contributed by atoms with Crippen LogP contribution in [0.1, 0.15) is 12.0 Å². The number of sulfone groups is 1. The van der Waals surface area contributed by atoms with Crippen LogP contribution in [0.15, 0.2) is 68.9 Å². The van der Waals surface area contributed by atoms with Crippen molar-refractivity contribution in [2.75, 3.05) is 44.7 Å². The molecule has 0 atom stereocenters. The van der Waals surface area contributed by atoms with Gasteiger partial charge in [0.25, 0.3) is 0 Å². The van der Waals surface area contributed by atoms with Crippen LogP contribution in [-0.4, -0.2) is 57.7 Å². The predicted molar refractivity (Wildman–Crippen MR) is 119 cm³/mol. The van der Waals surface area contributed by atoms with Gasteiger partial charge in [-0.3, -0.25) is 4.90 Å². The van der Waals surface area contributed by atoms with Crippen LogP contribution in [0.4, 0.5) is 5.88 Å². The minimum atomic E-state index is -3.82. The Bertz CT molecular complexity index is 1110. The van der Waals surface area contributed by atoms with Gasteiger partial charge in [0, 0.05) is 25.2 Å². The summed E-state index contributed by atoms with van der Waals surface area (Å²) in [5, 5.41) is 3.09. The molecule has 1 aromatic heterocycles. The van der Waals surface area contributed by atoms with E-state index < -0.39 is 9.84 Å². The molecule has 4 rings (SSSR count). The third-order valence-electron chi connectivity index (χ3n) is 5.32. The molecule has 1 aliphatic rings. The molecule has 1 saturated heterocycles. The minimum absolute atomic E-state index is 0.0803. The number of nitrogens with one attached hydrogen (secondary N) is 1. The second-order valence-electron chi connectivity index (χ2n) is 7.52. The second kappa shape index (κ2) is 9.64. The van der Waals surface area contributed by atoms with Crippen LogP contribution in [-0.2, 0) is 14.6 Å². The van der Waals surface area contributed by atoms with E-state index in [1.54, 1.807) is 30.3 Å². The van der Waals surface area contributed by atoms with E-state index in [0.29, 0.717) is 12.4 Å². The monoisotopic (exact) mass is 441 g/mol. The van der Waals surface area contributed by atoms with Crippen LogP contribution in [0.25, 0.3) is 11.5 Å². The number of morpholine rings is 1. The molecular formula is C23H27N3O4S. The molecule has 164 valence electrons. The van der Waals surface area contributed by atoms with Gasteiger partial charge in [0.2, 0.25) is 26.6 Å². The van der Waals surface area contributed by atoms with Gasteiger partial charge < -0.3 is 14.5 Å². The molecule has 1 fully saturated rings. The Kier molecular flexibility index (Phi) is 6.70. The Morgan fingerprint density at radius 1 is 1.03 bits per heavy atom. The van der Waals surface area contributed by atoms with Gasteiger partial charge >= 0.3 is 0 Å². The highest BCUT2D eigenvalue weighted by molar-refractivity contribution is 7.91. The lowest BCUT2D eigenvalue weighted by molar-refractivity contribution is 0.0378. The van der Waals surface area contributed by atoms with Crippen molar-refractivity contribution in [1.29, 1.82) is 0 Å². The normalized spacial score (nSPS) is 15.1. The largest absolute Gasteiger partial charge is 0.419 e. The van der Waals surface area contributed by atoms with E-state index in [-0.39, 0.29) is 15.8 Å². The molecule has 0 radical (unpaired) electrons. The molecule has 2 heterocycles. The van der Waals surface area contributed by atoms with E-state index >= 15 is 0 Å². The summed E-state index contributed by atoms with van der Waals surface area (Å²) in [5.41, 5.74) is 1.74. The number of nitrogens with zero attached hydrogens (tertiary/aromatic N) is 2.